The second-order valence-electron chi connectivity index (χ2n) is 4.60. The van der Waals surface area contributed by atoms with Gasteiger partial charge in [-0.3, -0.25) is 4.98 Å². The third kappa shape index (κ3) is 2.87. The summed E-state index contributed by atoms with van der Waals surface area (Å²) in [7, 11) is 0. The van der Waals surface area contributed by atoms with E-state index in [0.29, 0.717) is 0 Å². The van der Waals surface area contributed by atoms with Crippen LogP contribution in [0.3, 0.4) is 0 Å². The van der Waals surface area contributed by atoms with Gasteiger partial charge >= 0.3 is 0 Å². The van der Waals surface area contributed by atoms with Gasteiger partial charge in [-0.05, 0) is 25.0 Å². The zero-order valence-corrected chi connectivity index (χ0v) is 10.8. The highest BCUT2D eigenvalue weighted by Crippen LogP contribution is 2.18. The molecule has 0 bridgehead atoms. The molecule has 92 valence electrons. The molecule has 2 rings (SSSR count). The summed E-state index contributed by atoms with van der Waals surface area (Å²) < 4.78 is 0. The minimum atomic E-state index is 0.727. The van der Waals surface area contributed by atoms with Crippen LogP contribution in [-0.4, -0.2) is 4.98 Å². The molecule has 0 unspecified atom stereocenters. The molecule has 0 saturated carbocycles. The third-order valence-electron chi connectivity index (χ3n) is 3.19. The molecule has 1 heterocycles. The summed E-state index contributed by atoms with van der Waals surface area (Å²) in [5.74, 6) is 0. The van der Waals surface area contributed by atoms with Crippen molar-refractivity contribution < 1.29 is 0 Å². The number of hydrogen-bond acceptors (Lipinski definition) is 2. The van der Waals surface area contributed by atoms with Gasteiger partial charge in [0.2, 0.25) is 0 Å². The Balaban J connectivity index is 2.23. The molecular formula is C16H18N2. The van der Waals surface area contributed by atoms with Crippen LogP contribution >= 0.6 is 0 Å². The number of aryl methyl sites for hydroxylation is 1. The SMILES string of the molecule is CCCCCCc1nc2ccccc2cc1C#N. The fraction of sp³-hybridized carbons (Fsp3) is 0.375. The first-order valence-electron chi connectivity index (χ1n) is 6.64. The zero-order chi connectivity index (χ0) is 12.8. The van der Waals surface area contributed by atoms with Gasteiger partial charge in [0.1, 0.15) is 6.07 Å². The van der Waals surface area contributed by atoms with E-state index in [1.807, 2.05) is 30.3 Å². The van der Waals surface area contributed by atoms with Crippen molar-refractivity contribution in [3.8, 4) is 6.07 Å². The van der Waals surface area contributed by atoms with Crippen LogP contribution in [-0.2, 0) is 6.42 Å². The lowest BCUT2D eigenvalue weighted by Crippen LogP contribution is -1.96. The minimum Gasteiger partial charge on any atom is -0.251 e. The molecule has 18 heavy (non-hydrogen) atoms. The molecule has 0 aliphatic rings. The lowest BCUT2D eigenvalue weighted by atomic mass is 10.0. The standard InChI is InChI=1S/C16H18N2/c1-2-3-4-5-9-16-14(12-17)11-13-8-6-7-10-15(13)18-16/h6-8,10-11H,2-5,9H2,1H3. The third-order valence-corrected chi connectivity index (χ3v) is 3.19. The second kappa shape index (κ2) is 6.16. The van der Waals surface area contributed by atoms with Crippen molar-refractivity contribution >= 4 is 10.9 Å². The second-order valence-corrected chi connectivity index (χ2v) is 4.60. The number of hydrogen-bond donors (Lipinski definition) is 0. The van der Waals surface area contributed by atoms with E-state index in [-0.39, 0.29) is 0 Å². The van der Waals surface area contributed by atoms with Crippen molar-refractivity contribution in [1.82, 2.24) is 4.98 Å². The first-order chi connectivity index (χ1) is 8.85. The van der Waals surface area contributed by atoms with Gasteiger partial charge in [-0.1, -0.05) is 44.4 Å². The van der Waals surface area contributed by atoms with Crippen LogP contribution in [0.1, 0.15) is 43.9 Å². The fourth-order valence-corrected chi connectivity index (χ4v) is 2.16. The molecule has 0 radical (unpaired) electrons. The maximum Gasteiger partial charge on any atom is 0.101 e. The molecule has 2 nitrogen and oxygen atoms in total. The molecule has 2 heteroatoms. The Labute approximate surface area is 108 Å². The summed E-state index contributed by atoms with van der Waals surface area (Å²) in [6, 6.07) is 12.2. The molecule has 0 spiro atoms. The van der Waals surface area contributed by atoms with E-state index in [4.69, 9.17) is 0 Å². The number of unbranched alkanes of at least 4 members (excludes halogenated alkanes) is 3. The quantitative estimate of drug-likeness (QED) is 0.731. The van der Waals surface area contributed by atoms with Gasteiger partial charge in [-0.25, -0.2) is 0 Å². The predicted octanol–water partition coefficient (Wildman–Crippen LogP) is 4.23. The Bertz CT molecular complexity index is 567. The Morgan fingerprint density at radius 3 is 2.78 bits per heavy atom. The first-order valence-corrected chi connectivity index (χ1v) is 6.64. The molecule has 0 N–H and O–H groups in total. The zero-order valence-electron chi connectivity index (χ0n) is 10.8. The van der Waals surface area contributed by atoms with Gasteiger partial charge in [0.05, 0.1) is 16.8 Å². The maximum absolute atomic E-state index is 9.19. The predicted molar refractivity (Wildman–Crippen MR) is 74.3 cm³/mol. The number of aromatic nitrogens is 1. The van der Waals surface area contributed by atoms with Crippen LogP contribution in [0.25, 0.3) is 10.9 Å². The molecule has 0 atom stereocenters. The largest absolute Gasteiger partial charge is 0.251 e. The minimum absolute atomic E-state index is 0.727. The Morgan fingerprint density at radius 2 is 2.00 bits per heavy atom. The topological polar surface area (TPSA) is 36.7 Å². The Morgan fingerprint density at radius 1 is 1.17 bits per heavy atom. The number of fused-ring (bicyclic) bond motifs is 1. The summed E-state index contributed by atoms with van der Waals surface area (Å²) in [6.45, 7) is 2.20. The highest BCUT2D eigenvalue weighted by molar-refractivity contribution is 5.80. The number of rotatable bonds is 5. The van der Waals surface area contributed by atoms with Crippen LogP contribution in [0.5, 0.6) is 0 Å². The van der Waals surface area contributed by atoms with Crippen molar-refractivity contribution in [2.75, 3.05) is 0 Å². The van der Waals surface area contributed by atoms with Gasteiger partial charge < -0.3 is 0 Å². The molecule has 0 aliphatic heterocycles. The molecule has 2 aromatic rings. The summed E-state index contributed by atoms with van der Waals surface area (Å²) in [4.78, 5) is 4.62. The van der Waals surface area contributed by atoms with E-state index >= 15 is 0 Å². The molecule has 0 aliphatic carbocycles. The van der Waals surface area contributed by atoms with Crippen molar-refractivity contribution in [3.63, 3.8) is 0 Å². The van der Waals surface area contributed by atoms with Gasteiger partial charge in [0.25, 0.3) is 0 Å². The highest BCUT2D eigenvalue weighted by Gasteiger charge is 2.06. The average Bonchev–Trinajstić information content (AvgIpc) is 2.42. The summed E-state index contributed by atoms with van der Waals surface area (Å²) in [6.07, 6.45) is 5.74. The fourth-order valence-electron chi connectivity index (χ4n) is 2.16. The number of nitrogens with zero attached hydrogens (tertiary/aromatic N) is 2. The number of benzene rings is 1. The first kappa shape index (κ1) is 12.6. The number of pyridine rings is 1. The highest BCUT2D eigenvalue weighted by atomic mass is 14.7. The van der Waals surface area contributed by atoms with Gasteiger partial charge in [-0.15, -0.1) is 0 Å². The Hall–Kier alpha value is -1.88. The lowest BCUT2D eigenvalue weighted by Gasteiger charge is -2.05. The summed E-state index contributed by atoms with van der Waals surface area (Å²) in [5, 5.41) is 10.2. The van der Waals surface area contributed by atoms with E-state index < -0.39 is 0 Å². The van der Waals surface area contributed by atoms with Crippen LogP contribution < -0.4 is 0 Å². The van der Waals surface area contributed by atoms with Crippen LogP contribution in [0.15, 0.2) is 30.3 Å². The van der Waals surface area contributed by atoms with Gasteiger partial charge in [-0.2, -0.15) is 5.26 Å². The van der Waals surface area contributed by atoms with Crippen LogP contribution in [0.2, 0.25) is 0 Å². The Kier molecular flexibility index (Phi) is 4.30. The molecular weight excluding hydrogens is 220 g/mol. The number of para-hydroxylation sites is 1. The summed E-state index contributed by atoms with van der Waals surface area (Å²) >= 11 is 0. The lowest BCUT2D eigenvalue weighted by molar-refractivity contribution is 0.661. The molecule has 0 fully saturated rings. The molecule has 0 saturated heterocycles. The van der Waals surface area contributed by atoms with Crippen LogP contribution in [0, 0.1) is 11.3 Å². The molecule has 0 amide bonds. The average molecular weight is 238 g/mol. The van der Waals surface area contributed by atoms with Gasteiger partial charge in [0.15, 0.2) is 0 Å². The monoisotopic (exact) mass is 238 g/mol. The van der Waals surface area contributed by atoms with Crippen molar-refractivity contribution in [2.24, 2.45) is 0 Å². The molecule has 1 aromatic carbocycles. The van der Waals surface area contributed by atoms with E-state index in [0.717, 1.165) is 35.0 Å². The van der Waals surface area contributed by atoms with Crippen LogP contribution in [0.4, 0.5) is 0 Å². The smallest absolute Gasteiger partial charge is 0.101 e. The number of nitriles is 1. The van der Waals surface area contributed by atoms with Crippen molar-refractivity contribution in [3.05, 3.63) is 41.6 Å². The van der Waals surface area contributed by atoms with Crippen molar-refractivity contribution in [1.29, 1.82) is 5.26 Å². The van der Waals surface area contributed by atoms with E-state index in [1.165, 1.54) is 19.3 Å². The summed E-state index contributed by atoms with van der Waals surface area (Å²) in [5.41, 5.74) is 2.67. The van der Waals surface area contributed by atoms with Gasteiger partial charge in [0, 0.05) is 5.39 Å². The molecule has 1 aromatic heterocycles. The van der Waals surface area contributed by atoms with E-state index in [2.05, 4.69) is 18.0 Å². The van der Waals surface area contributed by atoms with E-state index in [1.54, 1.807) is 0 Å². The van der Waals surface area contributed by atoms with Crippen molar-refractivity contribution in [2.45, 2.75) is 39.0 Å². The maximum atomic E-state index is 9.19. The van der Waals surface area contributed by atoms with E-state index in [9.17, 15) is 5.26 Å². The normalized spacial score (nSPS) is 10.4.